The largest absolute Gasteiger partial charge is 0.375 e. The Balaban J connectivity index is 1.20. The molecule has 0 radical (unpaired) electrons. The van der Waals surface area contributed by atoms with E-state index in [9.17, 15) is 4.79 Å². The van der Waals surface area contributed by atoms with Crippen LogP contribution >= 0.6 is 11.3 Å². The highest BCUT2D eigenvalue weighted by Gasteiger charge is 2.28. The van der Waals surface area contributed by atoms with Gasteiger partial charge in [-0.3, -0.25) is 4.79 Å². The number of para-hydroxylation sites is 1. The van der Waals surface area contributed by atoms with Gasteiger partial charge in [0, 0.05) is 30.2 Å². The number of likely N-dealkylation sites (tertiary alicyclic amines) is 1. The van der Waals surface area contributed by atoms with E-state index >= 15 is 0 Å². The van der Waals surface area contributed by atoms with Crippen LogP contribution in [0.25, 0.3) is 16.3 Å². The summed E-state index contributed by atoms with van der Waals surface area (Å²) < 4.78 is 8.05. The Morgan fingerprint density at radius 1 is 1.03 bits per heavy atom. The van der Waals surface area contributed by atoms with Gasteiger partial charge in [0.1, 0.15) is 10.7 Å². The molecule has 0 spiro atoms. The summed E-state index contributed by atoms with van der Waals surface area (Å²) in [7, 11) is 0. The quantitative estimate of drug-likeness (QED) is 0.605. The van der Waals surface area contributed by atoms with Gasteiger partial charge in [0.05, 0.1) is 24.1 Å². The summed E-state index contributed by atoms with van der Waals surface area (Å²) in [6.45, 7) is 1.49. The monoisotopic (exact) mass is 422 g/mol. The molecule has 156 valence electrons. The van der Waals surface area contributed by atoms with Crippen molar-refractivity contribution in [3.05, 3.63) is 53.8 Å². The van der Waals surface area contributed by atoms with E-state index in [4.69, 9.17) is 4.74 Å². The number of hydrogen-bond acceptors (Lipinski definition) is 5. The van der Waals surface area contributed by atoms with Crippen molar-refractivity contribution in [3.63, 3.8) is 0 Å². The lowest BCUT2D eigenvalue weighted by Crippen LogP contribution is -2.41. The number of rotatable bonds is 5. The number of aromatic nitrogens is 3. The van der Waals surface area contributed by atoms with Crippen molar-refractivity contribution in [1.29, 1.82) is 0 Å². The normalized spacial score (nSPS) is 18.2. The maximum Gasteiger partial charge on any atom is 0.273 e. The molecule has 1 aliphatic heterocycles. The number of hydrogen-bond donors (Lipinski definition) is 0. The number of carbonyl (C=O) groups excluding carboxylic acids is 1. The maximum atomic E-state index is 12.9. The number of thiazole rings is 1. The first-order chi connectivity index (χ1) is 14.8. The van der Waals surface area contributed by atoms with Crippen LogP contribution in [0, 0.1) is 0 Å². The van der Waals surface area contributed by atoms with Crippen LogP contribution < -0.4 is 0 Å². The predicted octanol–water partition coefficient (Wildman–Crippen LogP) is 4.56. The third-order valence-corrected chi connectivity index (χ3v) is 6.88. The molecule has 0 N–H and O–H groups in total. The van der Waals surface area contributed by atoms with E-state index < -0.39 is 0 Å². The van der Waals surface area contributed by atoms with Crippen molar-refractivity contribution in [2.24, 2.45) is 0 Å². The van der Waals surface area contributed by atoms with E-state index in [-0.39, 0.29) is 5.91 Å². The molecule has 1 aromatic carbocycles. The number of nitrogens with zero attached hydrogens (tertiary/aromatic N) is 4. The van der Waals surface area contributed by atoms with Gasteiger partial charge in [0.2, 0.25) is 0 Å². The van der Waals surface area contributed by atoms with E-state index in [1.807, 2.05) is 51.5 Å². The highest BCUT2D eigenvalue weighted by Crippen LogP contribution is 2.27. The van der Waals surface area contributed by atoms with Gasteiger partial charge in [-0.15, -0.1) is 11.3 Å². The van der Waals surface area contributed by atoms with Crippen molar-refractivity contribution in [1.82, 2.24) is 19.7 Å². The van der Waals surface area contributed by atoms with Gasteiger partial charge in [0.25, 0.3) is 5.91 Å². The number of carbonyl (C=O) groups is 1. The van der Waals surface area contributed by atoms with Gasteiger partial charge >= 0.3 is 0 Å². The maximum absolute atomic E-state index is 12.9. The minimum Gasteiger partial charge on any atom is -0.375 e. The molecule has 2 aliphatic rings. The zero-order valence-electron chi connectivity index (χ0n) is 16.9. The second kappa shape index (κ2) is 8.70. The first-order valence-electron chi connectivity index (χ1n) is 10.8. The lowest BCUT2D eigenvalue weighted by molar-refractivity contribution is -0.0358. The minimum atomic E-state index is 0.0206. The van der Waals surface area contributed by atoms with Crippen molar-refractivity contribution in [2.75, 3.05) is 13.1 Å². The Hall–Kier alpha value is -2.51. The Bertz CT molecular complexity index is 986. The standard InChI is InChI=1S/C23H26N4O2S/c28-23(26-12-10-20(11-13-26)29-19-8-4-5-9-19)21-16-30-22(25-21)17-14-24-27(15-17)18-6-2-1-3-7-18/h1-3,6-7,14-16,19-20H,4-5,8-13H2. The molecule has 1 saturated carbocycles. The molecule has 3 aromatic rings. The van der Waals surface area contributed by atoms with Crippen LogP contribution in [-0.2, 0) is 4.74 Å². The Morgan fingerprint density at radius 2 is 1.77 bits per heavy atom. The molecule has 2 fully saturated rings. The number of benzene rings is 1. The zero-order chi connectivity index (χ0) is 20.3. The average molecular weight is 423 g/mol. The van der Waals surface area contributed by atoms with Gasteiger partial charge in [-0.2, -0.15) is 5.10 Å². The molecule has 7 heteroatoms. The van der Waals surface area contributed by atoms with Crippen LogP contribution in [0.15, 0.2) is 48.1 Å². The molecule has 0 bridgehead atoms. The summed E-state index contributed by atoms with van der Waals surface area (Å²) >= 11 is 1.49. The summed E-state index contributed by atoms with van der Waals surface area (Å²) in [5, 5.41) is 7.11. The van der Waals surface area contributed by atoms with Crippen LogP contribution in [0.5, 0.6) is 0 Å². The summed E-state index contributed by atoms with van der Waals surface area (Å²) in [6.07, 6.45) is 11.3. The van der Waals surface area contributed by atoms with Crippen LogP contribution in [0.2, 0.25) is 0 Å². The summed E-state index contributed by atoms with van der Waals surface area (Å²) in [6, 6.07) is 9.97. The van der Waals surface area contributed by atoms with Crippen molar-refractivity contribution in [2.45, 2.75) is 50.7 Å². The van der Waals surface area contributed by atoms with Crippen molar-refractivity contribution in [3.8, 4) is 16.3 Å². The molecule has 3 heterocycles. The van der Waals surface area contributed by atoms with Crippen LogP contribution in [0.1, 0.15) is 49.0 Å². The van der Waals surface area contributed by atoms with E-state index in [0.29, 0.717) is 17.9 Å². The number of amides is 1. The molecule has 1 amide bonds. The Labute approximate surface area is 180 Å². The molecule has 1 saturated heterocycles. The second-order valence-corrected chi connectivity index (χ2v) is 8.94. The third kappa shape index (κ3) is 4.18. The summed E-state index contributed by atoms with van der Waals surface area (Å²) in [4.78, 5) is 19.5. The molecule has 0 atom stereocenters. The van der Waals surface area contributed by atoms with Gasteiger partial charge in [-0.05, 0) is 37.8 Å². The van der Waals surface area contributed by atoms with Crippen LogP contribution in [0.3, 0.4) is 0 Å². The van der Waals surface area contributed by atoms with E-state index in [1.54, 1.807) is 6.20 Å². The molecule has 0 unspecified atom stereocenters. The van der Waals surface area contributed by atoms with E-state index in [2.05, 4.69) is 10.1 Å². The van der Waals surface area contributed by atoms with Gasteiger partial charge < -0.3 is 9.64 Å². The van der Waals surface area contributed by atoms with Crippen molar-refractivity contribution < 1.29 is 9.53 Å². The highest BCUT2D eigenvalue weighted by molar-refractivity contribution is 7.13. The Kier molecular flexibility index (Phi) is 5.64. The van der Waals surface area contributed by atoms with Crippen molar-refractivity contribution >= 4 is 17.2 Å². The summed E-state index contributed by atoms with van der Waals surface area (Å²) in [5.74, 6) is 0.0206. The Morgan fingerprint density at radius 3 is 2.53 bits per heavy atom. The number of piperidine rings is 1. The van der Waals surface area contributed by atoms with E-state index in [1.165, 1.54) is 37.0 Å². The van der Waals surface area contributed by atoms with Gasteiger partial charge in [0.15, 0.2) is 0 Å². The SMILES string of the molecule is O=C(c1csc(-c2cnn(-c3ccccc3)c2)n1)N1CCC(OC2CCCC2)CC1. The minimum absolute atomic E-state index is 0.0206. The molecule has 2 aromatic heterocycles. The fourth-order valence-corrected chi connectivity index (χ4v) is 5.08. The van der Waals surface area contributed by atoms with Crippen LogP contribution in [-0.4, -0.2) is 50.9 Å². The molecular weight excluding hydrogens is 396 g/mol. The van der Waals surface area contributed by atoms with Crippen LogP contribution in [0.4, 0.5) is 0 Å². The lowest BCUT2D eigenvalue weighted by atomic mass is 10.1. The van der Waals surface area contributed by atoms with E-state index in [0.717, 1.165) is 42.2 Å². The highest BCUT2D eigenvalue weighted by atomic mass is 32.1. The zero-order valence-corrected chi connectivity index (χ0v) is 17.8. The number of ether oxygens (including phenoxy) is 1. The smallest absolute Gasteiger partial charge is 0.273 e. The third-order valence-electron chi connectivity index (χ3n) is 5.99. The topological polar surface area (TPSA) is 60.2 Å². The van der Waals surface area contributed by atoms with Gasteiger partial charge in [-0.25, -0.2) is 9.67 Å². The first kappa shape index (κ1) is 19.5. The lowest BCUT2D eigenvalue weighted by Gasteiger charge is -2.33. The average Bonchev–Trinajstić information content (AvgIpc) is 3.55. The fourth-order valence-electron chi connectivity index (χ4n) is 4.31. The molecule has 5 rings (SSSR count). The predicted molar refractivity (Wildman–Crippen MR) is 117 cm³/mol. The van der Waals surface area contributed by atoms with Gasteiger partial charge in [-0.1, -0.05) is 31.0 Å². The summed E-state index contributed by atoms with van der Waals surface area (Å²) in [5.41, 5.74) is 2.45. The molecule has 1 aliphatic carbocycles. The second-order valence-electron chi connectivity index (χ2n) is 8.08. The molecule has 6 nitrogen and oxygen atoms in total. The molecule has 30 heavy (non-hydrogen) atoms. The molecular formula is C23H26N4O2S. The first-order valence-corrected chi connectivity index (χ1v) is 11.6. The fraction of sp³-hybridized carbons (Fsp3) is 0.435.